The van der Waals surface area contributed by atoms with Crippen molar-refractivity contribution < 1.29 is 14.3 Å². The number of hydrogen-bond acceptors (Lipinski definition) is 2. The van der Waals surface area contributed by atoms with Gasteiger partial charge in [0.25, 0.3) is 0 Å². The third kappa shape index (κ3) is 4.87. The van der Waals surface area contributed by atoms with E-state index < -0.39 is 5.60 Å². The van der Waals surface area contributed by atoms with E-state index in [1.807, 2.05) is 13.8 Å². The summed E-state index contributed by atoms with van der Waals surface area (Å²) in [6, 6.07) is 5.33. The Balaban J connectivity index is 2.55. The van der Waals surface area contributed by atoms with Gasteiger partial charge in [-0.2, -0.15) is 0 Å². The Morgan fingerprint density at radius 2 is 2.00 bits per heavy atom. The Kier molecular flexibility index (Phi) is 5.30. The van der Waals surface area contributed by atoms with E-state index in [2.05, 4.69) is 10.6 Å². The van der Waals surface area contributed by atoms with Crippen LogP contribution in [0.25, 0.3) is 0 Å². The van der Waals surface area contributed by atoms with Gasteiger partial charge in [0.15, 0.2) is 0 Å². The van der Waals surface area contributed by atoms with Crippen LogP contribution in [0.15, 0.2) is 24.3 Å². The molecular weight excluding hydrogens is 247 g/mol. The molecule has 2 atom stereocenters. The first-order valence-corrected chi connectivity index (χ1v) is 6.38. The summed E-state index contributed by atoms with van der Waals surface area (Å²) in [4.78, 5) is 11.6. The number of nitrogens with one attached hydrogen (secondary N) is 2. The highest BCUT2D eigenvalue weighted by molar-refractivity contribution is 5.74. The van der Waals surface area contributed by atoms with Gasteiger partial charge >= 0.3 is 6.03 Å². The number of benzene rings is 1. The van der Waals surface area contributed by atoms with Gasteiger partial charge in [-0.1, -0.05) is 19.1 Å². The van der Waals surface area contributed by atoms with Crippen LogP contribution in [0.5, 0.6) is 0 Å². The summed E-state index contributed by atoms with van der Waals surface area (Å²) in [6.07, 6.45) is 0.835. The second-order valence-electron chi connectivity index (χ2n) is 4.92. The minimum atomic E-state index is -1.24. The predicted octanol–water partition coefficient (Wildman–Crippen LogP) is 2.13. The first kappa shape index (κ1) is 15.4. The number of rotatable bonds is 5. The lowest BCUT2D eigenvalue weighted by atomic mass is 9.96. The minimum absolute atomic E-state index is 0.0564. The van der Waals surface area contributed by atoms with Crippen molar-refractivity contribution in [2.75, 3.05) is 6.54 Å². The molecule has 2 amide bonds. The Morgan fingerprint density at radius 3 is 2.53 bits per heavy atom. The van der Waals surface area contributed by atoms with Crippen molar-refractivity contribution in [3.63, 3.8) is 0 Å². The molecule has 0 aliphatic heterocycles. The summed E-state index contributed by atoms with van der Waals surface area (Å²) in [7, 11) is 0. The zero-order valence-electron chi connectivity index (χ0n) is 11.5. The Morgan fingerprint density at radius 1 is 1.42 bits per heavy atom. The average molecular weight is 268 g/mol. The van der Waals surface area contributed by atoms with Crippen molar-refractivity contribution in [2.24, 2.45) is 0 Å². The van der Waals surface area contributed by atoms with Gasteiger partial charge in [0.2, 0.25) is 0 Å². The van der Waals surface area contributed by atoms with Crippen LogP contribution in [0.2, 0.25) is 0 Å². The molecule has 0 radical (unpaired) electrons. The molecule has 0 saturated heterocycles. The minimum Gasteiger partial charge on any atom is -0.384 e. The molecule has 1 aromatic carbocycles. The first-order chi connectivity index (χ1) is 8.85. The standard InChI is InChI=1S/C14H21FN2O2/c1-4-10(2)17-13(18)16-9-14(3,19)11-5-7-12(15)8-6-11/h5-8,10,19H,4,9H2,1-3H3,(H2,16,17,18). The molecule has 0 aliphatic rings. The molecule has 0 heterocycles. The lowest BCUT2D eigenvalue weighted by molar-refractivity contribution is 0.0592. The average Bonchev–Trinajstić information content (AvgIpc) is 2.37. The molecule has 0 fully saturated rings. The van der Waals surface area contributed by atoms with Gasteiger partial charge in [-0.25, -0.2) is 9.18 Å². The van der Waals surface area contributed by atoms with E-state index in [4.69, 9.17) is 0 Å². The van der Waals surface area contributed by atoms with Crippen LogP contribution in [-0.2, 0) is 5.60 Å². The molecule has 4 nitrogen and oxygen atoms in total. The zero-order chi connectivity index (χ0) is 14.5. The van der Waals surface area contributed by atoms with Crippen LogP contribution in [-0.4, -0.2) is 23.7 Å². The summed E-state index contributed by atoms with van der Waals surface area (Å²) >= 11 is 0. The van der Waals surface area contributed by atoms with E-state index in [1.54, 1.807) is 6.92 Å². The van der Waals surface area contributed by atoms with E-state index in [-0.39, 0.29) is 24.4 Å². The molecule has 0 aromatic heterocycles. The van der Waals surface area contributed by atoms with Crippen molar-refractivity contribution in [1.29, 1.82) is 0 Å². The Hall–Kier alpha value is -1.62. The van der Waals surface area contributed by atoms with Gasteiger partial charge < -0.3 is 15.7 Å². The summed E-state index contributed by atoms with van der Waals surface area (Å²) in [6.45, 7) is 5.50. The summed E-state index contributed by atoms with van der Waals surface area (Å²) in [5, 5.41) is 15.6. The monoisotopic (exact) mass is 268 g/mol. The fraction of sp³-hybridized carbons (Fsp3) is 0.500. The van der Waals surface area contributed by atoms with E-state index >= 15 is 0 Å². The van der Waals surface area contributed by atoms with E-state index in [0.29, 0.717) is 5.56 Å². The van der Waals surface area contributed by atoms with Crippen LogP contribution in [0, 0.1) is 5.82 Å². The molecule has 1 rings (SSSR count). The van der Waals surface area contributed by atoms with Crippen molar-refractivity contribution in [3.8, 4) is 0 Å². The molecule has 2 unspecified atom stereocenters. The van der Waals surface area contributed by atoms with Crippen LogP contribution in [0.3, 0.4) is 0 Å². The third-order valence-electron chi connectivity index (χ3n) is 3.05. The molecule has 3 N–H and O–H groups in total. The van der Waals surface area contributed by atoms with Crippen LogP contribution in [0.1, 0.15) is 32.8 Å². The molecule has 19 heavy (non-hydrogen) atoms. The van der Waals surface area contributed by atoms with Gasteiger partial charge in [0.1, 0.15) is 11.4 Å². The van der Waals surface area contributed by atoms with Crippen molar-refractivity contribution in [1.82, 2.24) is 10.6 Å². The van der Waals surface area contributed by atoms with Gasteiger partial charge in [-0.3, -0.25) is 0 Å². The number of halogens is 1. The van der Waals surface area contributed by atoms with Gasteiger partial charge in [0, 0.05) is 6.04 Å². The third-order valence-corrected chi connectivity index (χ3v) is 3.05. The Labute approximate surface area is 113 Å². The summed E-state index contributed by atoms with van der Waals surface area (Å²) in [5.41, 5.74) is -0.682. The van der Waals surface area contributed by atoms with Gasteiger partial charge in [-0.05, 0) is 38.0 Å². The molecular formula is C14H21FN2O2. The van der Waals surface area contributed by atoms with E-state index in [1.165, 1.54) is 24.3 Å². The first-order valence-electron chi connectivity index (χ1n) is 6.38. The highest BCUT2D eigenvalue weighted by Gasteiger charge is 2.23. The second kappa shape index (κ2) is 6.52. The second-order valence-corrected chi connectivity index (χ2v) is 4.92. The van der Waals surface area contributed by atoms with Crippen LogP contribution >= 0.6 is 0 Å². The summed E-state index contributed by atoms with van der Waals surface area (Å²) < 4.78 is 12.8. The highest BCUT2D eigenvalue weighted by Crippen LogP contribution is 2.19. The molecule has 5 heteroatoms. The molecule has 0 saturated carbocycles. The number of aliphatic hydroxyl groups is 1. The zero-order valence-corrected chi connectivity index (χ0v) is 11.5. The molecule has 0 spiro atoms. The number of urea groups is 1. The van der Waals surface area contributed by atoms with Crippen molar-refractivity contribution in [3.05, 3.63) is 35.6 Å². The predicted molar refractivity (Wildman–Crippen MR) is 72.3 cm³/mol. The van der Waals surface area contributed by atoms with Crippen molar-refractivity contribution >= 4 is 6.03 Å². The normalized spacial score (nSPS) is 15.4. The van der Waals surface area contributed by atoms with Gasteiger partial charge in [-0.15, -0.1) is 0 Å². The fourth-order valence-electron chi connectivity index (χ4n) is 1.54. The Bertz CT molecular complexity index is 418. The maximum absolute atomic E-state index is 12.8. The van der Waals surface area contributed by atoms with Crippen LogP contribution in [0.4, 0.5) is 9.18 Å². The molecule has 0 aliphatic carbocycles. The van der Waals surface area contributed by atoms with Gasteiger partial charge in [0.05, 0.1) is 6.54 Å². The highest BCUT2D eigenvalue weighted by atomic mass is 19.1. The largest absolute Gasteiger partial charge is 0.384 e. The van der Waals surface area contributed by atoms with E-state index in [0.717, 1.165) is 6.42 Å². The maximum Gasteiger partial charge on any atom is 0.315 e. The lowest BCUT2D eigenvalue weighted by Crippen LogP contribution is -2.45. The molecule has 106 valence electrons. The van der Waals surface area contributed by atoms with Crippen molar-refractivity contribution in [2.45, 2.75) is 38.8 Å². The lowest BCUT2D eigenvalue weighted by Gasteiger charge is -2.24. The number of hydrogen-bond donors (Lipinski definition) is 3. The topological polar surface area (TPSA) is 61.4 Å². The number of carbonyl (C=O) groups excluding carboxylic acids is 1. The SMILES string of the molecule is CCC(C)NC(=O)NCC(C)(O)c1ccc(F)cc1. The summed E-state index contributed by atoms with van der Waals surface area (Å²) in [5.74, 6) is -0.359. The molecule has 1 aromatic rings. The number of amides is 2. The quantitative estimate of drug-likeness (QED) is 0.766. The smallest absolute Gasteiger partial charge is 0.315 e. The maximum atomic E-state index is 12.8. The number of carbonyl (C=O) groups is 1. The molecule has 0 bridgehead atoms. The fourth-order valence-corrected chi connectivity index (χ4v) is 1.54. The van der Waals surface area contributed by atoms with E-state index in [9.17, 15) is 14.3 Å². The van der Waals surface area contributed by atoms with Crippen LogP contribution < -0.4 is 10.6 Å².